The van der Waals surface area contributed by atoms with Gasteiger partial charge < -0.3 is 25.2 Å². The molecule has 2 amide bonds. The average Bonchev–Trinajstić information content (AvgIpc) is 3.62. The Bertz CT molecular complexity index is 1440. The van der Waals surface area contributed by atoms with E-state index in [1.54, 1.807) is 6.07 Å². The zero-order chi connectivity index (χ0) is 26.7. The third-order valence-corrected chi connectivity index (χ3v) is 6.69. The van der Waals surface area contributed by atoms with Gasteiger partial charge in [-0.15, -0.1) is 10.2 Å². The number of sulfonamides is 1. The van der Waals surface area contributed by atoms with Crippen molar-refractivity contribution in [3.05, 3.63) is 29.9 Å². The Kier molecular flexibility index (Phi) is 7.30. The number of pyridine rings is 1. The number of ether oxygens (including phenoxy) is 1. The van der Waals surface area contributed by atoms with Crippen LogP contribution in [-0.4, -0.2) is 77.3 Å². The van der Waals surface area contributed by atoms with E-state index in [2.05, 4.69) is 41.3 Å². The lowest BCUT2D eigenvalue weighted by atomic mass is 10.2. The van der Waals surface area contributed by atoms with Gasteiger partial charge in [-0.05, 0) is 18.9 Å². The molecule has 1 fully saturated rings. The Morgan fingerprint density at radius 3 is 2.68 bits per heavy atom. The summed E-state index contributed by atoms with van der Waals surface area (Å²) in [5, 5.41) is 20.0. The van der Waals surface area contributed by atoms with Gasteiger partial charge in [-0.2, -0.15) is 9.29 Å². The molecule has 0 radical (unpaired) electrons. The molecule has 1 aliphatic carbocycles. The fourth-order valence-corrected chi connectivity index (χ4v) is 3.54. The maximum absolute atomic E-state index is 12.4. The summed E-state index contributed by atoms with van der Waals surface area (Å²) in [5.74, 6) is 0.0609. The molecule has 0 unspecified atom stereocenters. The first kappa shape index (κ1) is 25.9. The van der Waals surface area contributed by atoms with Crippen molar-refractivity contribution in [2.75, 3.05) is 38.1 Å². The summed E-state index contributed by atoms with van der Waals surface area (Å²) in [6.45, 7) is -0.113. The van der Waals surface area contributed by atoms with E-state index in [0.29, 0.717) is 5.56 Å². The van der Waals surface area contributed by atoms with Crippen LogP contribution in [0.25, 0.3) is 11.4 Å². The lowest BCUT2D eigenvalue weighted by molar-refractivity contribution is -0.117. The Hall–Kier alpha value is -4.18. The molecule has 3 aromatic rings. The number of methoxy groups -OCH3 is 1. The van der Waals surface area contributed by atoms with E-state index < -0.39 is 15.9 Å². The number of hydrogen-bond donors (Lipinski definition) is 3. The Labute approximate surface area is 212 Å². The average molecular weight is 532 g/mol. The molecule has 0 aliphatic heterocycles. The highest BCUT2D eigenvalue weighted by molar-refractivity contribution is 7.88. The first-order valence-electron chi connectivity index (χ1n) is 11.1. The summed E-state index contributed by atoms with van der Waals surface area (Å²) in [6, 6.07) is 3.06. The van der Waals surface area contributed by atoms with Crippen LogP contribution in [0.3, 0.4) is 0 Å². The van der Waals surface area contributed by atoms with Crippen molar-refractivity contribution in [1.82, 2.24) is 34.9 Å². The van der Waals surface area contributed by atoms with E-state index in [4.69, 9.17) is 9.26 Å². The number of amides is 2. The highest BCUT2D eigenvalue weighted by Gasteiger charge is 2.30. The van der Waals surface area contributed by atoms with Crippen LogP contribution in [0.2, 0.25) is 0 Å². The second-order valence-electron chi connectivity index (χ2n) is 8.23. The normalized spacial score (nSPS) is 13.3. The molecule has 1 saturated carbocycles. The van der Waals surface area contributed by atoms with Crippen LogP contribution in [-0.2, 0) is 21.4 Å². The lowest BCUT2D eigenvalue weighted by Gasteiger charge is -2.15. The van der Waals surface area contributed by atoms with Crippen LogP contribution in [0.1, 0.15) is 29.2 Å². The van der Waals surface area contributed by atoms with Crippen molar-refractivity contribution >= 4 is 39.2 Å². The number of anilines is 3. The minimum absolute atomic E-state index is 0.0353. The topological polar surface area (TPSA) is 194 Å². The third-order valence-electron chi connectivity index (χ3n) is 5.43. The summed E-state index contributed by atoms with van der Waals surface area (Å²) in [6.07, 6.45) is 4.16. The van der Waals surface area contributed by atoms with Crippen LogP contribution in [0.4, 0.5) is 17.3 Å². The van der Waals surface area contributed by atoms with Crippen LogP contribution in [0, 0.1) is 5.92 Å². The van der Waals surface area contributed by atoms with E-state index in [0.717, 1.165) is 23.4 Å². The van der Waals surface area contributed by atoms with Gasteiger partial charge in [-0.3, -0.25) is 9.59 Å². The van der Waals surface area contributed by atoms with Gasteiger partial charge in [0.2, 0.25) is 27.6 Å². The molecule has 16 heteroatoms. The molecule has 15 nitrogen and oxygen atoms in total. The van der Waals surface area contributed by atoms with Crippen molar-refractivity contribution in [1.29, 1.82) is 0 Å². The first-order chi connectivity index (χ1) is 17.6. The number of rotatable bonds is 10. The molecule has 0 spiro atoms. The van der Waals surface area contributed by atoms with E-state index in [-0.39, 0.29) is 58.9 Å². The number of carbonyl (C=O) groups is 2. The van der Waals surface area contributed by atoms with Gasteiger partial charge >= 0.3 is 0 Å². The highest BCUT2D eigenvalue weighted by Crippen LogP contribution is 2.36. The highest BCUT2D eigenvalue weighted by atomic mass is 32.2. The van der Waals surface area contributed by atoms with Crippen molar-refractivity contribution in [2.24, 2.45) is 5.92 Å². The number of nitrogens with one attached hydrogen (secondary N) is 3. The maximum atomic E-state index is 12.4. The van der Waals surface area contributed by atoms with Crippen molar-refractivity contribution in [2.45, 2.75) is 19.4 Å². The first-order valence-corrected chi connectivity index (χ1v) is 12.9. The predicted octanol–water partition coefficient (Wildman–Crippen LogP) is 0.773. The second kappa shape index (κ2) is 10.4. The number of aromatic nitrogens is 5. The fraction of sp³-hybridized carbons (Fsp3) is 0.381. The third kappa shape index (κ3) is 5.97. The predicted molar refractivity (Wildman–Crippen MR) is 130 cm³/mol. The van der Waals surface area contributed by atoms with Gasteiger partial charge in [0.15, 0.2) is 23.1 Å². The lowest BCUT2D eigenvalue weighted by Crippen LogP contribution is -2.25. The minimum atomic E-state index is -3.45. The summed E-state index contributed by atoms with van der Waals surface area (Å²) in [4.78, 5) is 33.1. The number of carbonyl (C=O) groups excluding carboxylic acids is 2. The molecular weight excluding hydrogens is 506 g/mol. The number of nitrogens with zero attached hydrogens (tertiary/aromatic N) is 6. The molecular formula is C21H25N9O6S. The molecule has 196 valence electrons. The van der Waals surface area contributed by atoms with E-state index in [1.807, 2.05) is 0 Å². The molecule has 0 aromatic carbocycles. The summed E-state index contributed by atoms with van der Waals surface area (Å²) in [7, 11) is 0.808. The summed E-state index contributed by atoms with van der Waals surface area (Å²) < 4.78 is 35.2. The molecule has 0 atom stereocenters. The summed E-state index contributed by atoms with van der Waals surface area (Å²) >= 11 is 0. The van der Waals surface area contributed by atoms with Crippen LogP contribution in [0.5, 0.6) is 5.75 Å². The monoisotopic (exact) mass is 531 g/mol. The van der Waals surface area contributed by atoms with E-state index in [1.165, 1.54) is 33.5 Å². The Morgan fingerprint density at radius 2 is 2.03 bits per heavy atom. The quantitative estimate of drug-likeness (QED) is 0.333. The zero-order valence-corrected chi connectivity index (χ0v) is 21.3. The molecule has 1 aliphatic rings. The van der Waals surface area contributed by atoms with Crippen LogP contribution in [0.15, 0.2) is 22.9 Å². The molecule has 3 aromatic heterocycles. The molecule has 37 heavy (non-hydrogen) atoms. The van der Waals surface area contributed by atoms with Gasteiger partial charge in [0, 0.05) is 32.3 Å². The van der Waals surface area contributed by atoms with Gasteiger partial charge in [-0.25, -0.2) is 13.4 Å². The standard InChI is InChI=1S/C21H25N9O6S/c1-22-21(32)16-13(9-14(27-28-16)25-20(31)11-5-6-11)24-19-17(35-3)12(7-8-23-19)18-26-15(36-29-18)10-30(2)37(4,33)34/h7-9,11H,5-6,10H2,1-4H3,(H,22,32)(H2,23,24,25,27,31). The van der Waals surface area contributed by atoms with Crippen molar-refractivity contribution in [3.63, 3.8) is 0 Å². The Morgan fingerprint density at radius 1 is 1.27 bits per heavy atom. The van der Waals surface area contributed by atoms with Gasteiger partial charge in [0.05, 0.1) is 31.2 Å². The SMILES string of the molecule is CNC(=O)c1nnc(NC(=O)C2CC2)cc1Nc1nccc(-c2noc(CN(C)S(C)(=O)=O)n2)c1OC. The molecule has 0 saturated heterocycles. The van der Waals surface area contributed by atoms with Crippen LogP contribution < -0.4 is 20.7 Å². The van der Waals surface area contributed by atoms with Crippen molar-refractivity contribution < 1.29 is 27.3 Å². The van der Waals surface area contributed by atoms with E-state index in [9.17, 15) is 18.0 Å². The van der Waals surface area contributed by atoms with Gasteiger partial charge in [0.1, 0.15) is 0 Å². The van der Waals surface area contributed by atoms with Crippen LogP contribution >= 0.6 is 0 Å². The molecule has 3 N–H and O–H groups in total. The molecule has 3 heterocycles. The minimum Gasteiger partial charge on any atom is -0.492 e. The van der Waals surface area contributed by atoms with Crippen molar-refractivity contribution in [3.8, 4) is 17.1 Å². The largest absolute Gasteiger partial charge is 0.492 e. The summed E-state index contributed by atoms with van der Waals surface area (Å²) in [5.41, 5.74) is 0.571. The second-order valence-corrected chi connectivity index (χ2v) is 10.3. The van der Waals surface area contributed by atoms with Gasteiger partial charge in [-0.1, -0.05) is 5.16 Å². The fourth-order valence-electron chi connectivity index (χ4n) is 3.19. The molecule has 4 rings (SSSR count). The van der Waals surface area contributed by atoms with E-state index >= 15 is 0 Å². The smallest absolute Gasteiger partial charge is 0.273 e. The Balaban J connectivity index is 1.66. The molecule has 0 bridgehead atoms. The maximum Gasteiger partial charge on any atom is 0.273 e. The zero-order valence-electron chi connectivity index (χ0n) is 20.5. The number of hydrogen-bond acceptors (Lipinski definition) is 12. The van der Waals surface area contributed by atoms with Gasteiger partial charge in [0.25, 0.3) is 5.91 Å².